The molecule has 1 aliphatic rings. The van der Waals surface area contributed by atoms with E-state index in [0.717, 1.165) is 4.20 Å². The Morgan fingerprint density at radius 1 is 1.14 bits per heavy atom. The molecule has 14 heavy (non-hydrogen) atoms. The number of piperazine rings is 1. The lowest BCUT2D eigenvalue weighted by Crippen LogP contribution is -2.48. The third-order valence-electron chi connectivity index (χ3n) is 2.01. The maximum atomic E-state index is 11.8. The summed E-state index contributed by atoms with van der Waals surface area (Å²) in [6, 6.07) is 0. The predicted molar refractivity (Wildman–Crippen MR) is 48.8 cm³/mol. The molecule has 8 heteroatoms. The van der Waals surface area contributed by atoms with Crippen molar-refractivity contribution >= 4 is 10.2 Å². The summed E-state index contributed by atoms with van der Waals surface area (Å²) in [5.74, 6) is 0. The van der Waals surface area contributed by atoms with Gasteiger partial charge in [0.2, 0.25) is 0 Å². The highest BCUT2D eigenvalue weighted by Gasteiger charge is 2.26. The van der Waals surface area contributed by atoms with Gasteiger partial charge in [0.15, 0.2) is 0 Å². The van der Waals surface area contributed by atoms with Gasteiger partial charge in [-0.3, -0.25) is 0 Å². The van der Waals surface area contributed by atoms with E-state index in [1.807, 2.05) is 0 Å². The second-order valence-electron chi connectivity index (χ2n) is 2.91. The first kappa shape index (κ1) is 9.56. The standard InChI is InChI=1S/C6H11N5O2S/c12-14(13,11-8-1-2-9-11)10-5-3-7-4-6-10/h1-2,7H,3-6H2. The number of hydrogen-bond acceptors (Lipinski definition) is 5. The highest BCUT2D eigenvalue weighted by atomic mass is 32.2. The lowest BCUT2D eigenvalue weighted by molar-refractivity contribution is 0.351. The topological polar surface area (TPSA) is 80.1 Å². The summed E-state index contributed by atoms with van der Waals surface area (Å²) in [5.41, 5.74) is 0. The molecule has 0 amide bonds. The van der Waals surface area contributed by atoms with Crippen molar-refractivity contribution in [1.82, 2.24) is 24.0 Å². The second-order valence-corrected chi connectivity index (χ2v) is 4.65. The van der Waals surface area contributed by atoms with Crippen LogP contribution in [0.5, 0.6) is 0 Å². The van der Waals surface area contributed by atoms with E-state index in [-0.39, 0.29) is 0 Å². The van der Waals surface area contributed by atoms with Gasteiger partial charge >= 0.3 is 10.2 Å². The molecule has 1 aromatic heterocycles. The smallest absolute Gasteiger partial charge is 0.314 e. The lowest BCUT2D eigenvalue weighted by atomic mass is 10.4. The first-order valence-corrected chi connectivity index (χ1v) is 5.68. The van der Waals surface area contributed by atoms with Crippen molar-refractivity contribution in [2.24, 2.45) is 0 Å². The van der Waals surface area contributed by atoms with Crippen LogP contribution in [0, 0.1) is 0 Å². The van der Waals surface area contributed by atoms with Crippen molar-refractivity contribution in [3.05, 3.63) is 12.4 Å². The molecule has 1 aromatic rings. The van der Waals surface area contributed by atoms with Crippen molar-refractivity contribution in [3.8, 4) is 0 Å². The van der Waals surface area contributed by atoms with Gasteiger partial charge in [0.1, 0.15) is 0 Å². The van der Waals surface area contributed by atoms with Gasteiger partial charge in [-0.2, -0.15) is 12.7 Å². The van der Waals surface area contributed by atoms with Crippen LogP contribution >= 0.6 is 0 Å². The van der Waals surface area contributed by atoms with E-state index >= 15 is 0 Å². The van der Waals surface area contributed by atoms with Gasteiger partial charge in [0.05, 0.1) is 12.4 Å². The third-order valence-corrected chi connectivity index (χ3v) is 3.63. The Bertz CT molecular complexity index is 380. The molecule has 0 aliphatic carbocycles. The van der Waals surface area contributed by atoms with E-state index in [1.165, 1.54) is 16.7 Å². The number of rotatable bonds is 2. The molecule has 7 nitrogen and oxygen atoms in total. The molecule has 1 aliphatic heterocycles. The average Bonchev–Trinajstić information content (AvgIpc) is 2.72. The summed E-state index contributed by atoms with van der Waals surface area (Å²) in [5, 5.41) is 10.3. The summed E-state index contributed by atoms with van der Waals surface area (Å²) < 4.78 is 25.7. The van der Waals surface area contributed by atoms with Crippen LogP contribution in [0.3, 0.4) is 0 Å². The average molecular weight is 217 g/mol. The van der Waals surface area contributed by atoms with Gasteiger partial charge in [-0.15, -0.1) is 10.2 Å². The van der Waals surface area contributed by atoms with E-state index in [0.29, 0.717) is 26.2 Å². The molecule has 78 valence electrons. The maximum Gasteiger partial charge on any atom is 0.339 e. The molecule has 0 saturated carbocycles. The van der Waals surface area contributed by atoms with Crippen LogP contribution in [0.2, 0.25) is 0 Å². The van der Waals surface area contributed by atoms with Crippen LogP contribution in [0.15, 0.2) is 12.4 Å². The first-order valence-electron chi connectivity index (χ1n) is 4.29. The predicted octanol–water partition coefficient (Wildman–Crippen LogP) is -1.72. The van der Waals surface area contributed by atoms with Crippen LogP contribution < -0.4 is 5.32 Å². The molecule has 0 atom stereocenters. The Morgan fingerprint density at radius 2 is 1.71 bits per heavy atom. The van der Waals surface area contributed by atoms with Gasteiger partial charge in [0, 0.05) is 26.2 Å². The van der Waals surface area contributed by atoms with Crippen molar-refractivity contribution in [2.75, 3.05) is 26.2 Å². The molecule has 1 N–H and O–H groups in total. The number of hydrogen-bond donors (Lipinski definition) is 1. The summed E-state index contributed by atoms with van der Waals surface area (Å²) in [6.07, 6.45) is 2.69. The monoisotopic (exact) mass is 217 g/mol. The Labute approximate surface area is 81.9 Å². The second kappa shape index (κ2) is 3.64. The molecular formula is C6H11N5O2S. The molecule has 0 radical (unpaired) electrons. The van der Waals surface area contributed by atoms with Crippen LogP contribution in [0.25, 0.3) is 0 Å². The lowest BCUT2D eigenvalue weighted by Gasteiger charge is -2.25. The Hall–Kier alpha value is -0.990. The summed E-state index contributed by atoms with van der Waals surface area (Å²) in [6.45, 7) is 2.26. The molecule has 1 fully saturated rings. The normalized spacial score (nSPS) is 19.7. The number of nitrogens with one attached hydrogen (secondary N) is 1. The fourth-order valence-corrected chi connectivity index (χ4v) is 2.50. The van der Waals surface area contributed by atoms with Gasteiger partial charge in [-0.1, -0.05) is 4.20 Å². The highest BCUT2D eigenvalue weighted by molar-refractivity contribution is 7.87. The maximum absolute atomic E-state index is 11.8. The number of nitrogens with zero attached hydrogens (tertiary/aromatic N) is 4. The molecule has 0 aromatic carbocycles. The Balaban J connectivity index is 2.23. The van der Waals surface area contributed by atoms with Crippen molar-refractivity contribution in [1.29, 1.82) is 0 Å². The van der Waals surface area contributed by atoms with E-state index in [2.05, 4.69) is 15.5 Å². The molecule has 2 rings (SSSR count). The van der Waals surface area contributed by atoms with Crippen LogP contribution in [0.1, 0.15) is 0 Å². The fourth-order valence-electron chi connectivity index (χ4n) is 1.30. The van der Waals surface area contributed by atoms with Gasteiger partial charge in [-0.25, -0.2) is 0 Å². The molecular weight excluding hydrogens is 206 g/mol. The Kier molecular flexibility index (Phi) is 2.48. The molecule has 1 saturated heterocycles. The zero-order valence-corrected chi connectivity index (χ0v) is 8.31. The van der Waals surface area contributed by atoms with E-state index < -0.39 is 10.2 Å². The van der Waals surface area contributed by atoms with Crippen LogP contribution in [-0.4, -0.2) is 53.3 Å². The molecule has 0 bridgehead atoms. The minimum Gasteiger partial charge on any atom is -0.314 e. The van der Waals surface area contributed by atoms with Gasteiger partial charge in [0.25, 0.3) is 0 Å². The summed E-state index contributed by atoms with van der Waals surface area (Å²) in [4.78, 5) is 0. The molecule has 0 spiro atoms. The SMILES string of the molecule is O=S(=O)(N1CCNCC1)n1nccn1. The quantitative estimate of drug-likeness (QED) is 0.637. The zero-order valence-electron chi connectivity index (χ0n) is 7.50. The van der Waals surface area contributed by atoms with Crippen LogP contribution in [-0.2, 0) is 10.2 Å². The van der Waals surface area contributed by atoms with E-state index in [9.17, 15) is 8.42 Å². The van der Waals surface area contributed by atoms with Crippen molar-refractivity contribution in [3.63, 3.8) is 0 Å². The third kappa shape index (κ3) is 1.63. The van der Waals surface area contributed by atoms with Gasteiger partial charge in [-0.05, 0) is 0 Å². The summed E-state index contributed by atoms with van der Waals surface area (Å²) in [7, 11) is -3.53. The largest absolute Gasteiger partial charge is 0.339 e. The minimum absolute atomic E-state index is 0.462. The molecule has 0 unspecified atom stereocenters. The van der Waals surface area contributed by atoms with Gasteiger partial charge < -0.3 is 5.32 Å². The minimum atomic E-state index is -3.53. The first-order chi connectivity index (χ1) is 6.71. The zero-order chi connectivity index (χ0) is 10.0. The van der Waals surface area contributed by atoms with E-state index in [1.54, 1.807) is 0 Å². The highest BCUT2D eigenvalue weighted by Crippen LogP contribution is 2.03. The summed E-state index contributed by atoms with van der Waals surface area (Å²) >= 11 is 0. The van der Waals surface area contributed by atoms with E-state index in [4.69, 9.17) is 0 Å². The Morgan fingerprint density at radius 3 is 2.29 bits per heavy atom. The van der Waals surface area contributed by atoms with Crippen LogP contribution in [0.4, 0.5) is 0 Å². The van der Waals surface area contributed by atoms with Crippen molar-refractivity contribution in [2.45, 2.75) is 0 Å². The fraction of sp³-hybridized carbons (Fsp3) is 0.667. The molecule has 2 heterocycles. The number of aromatic nitrogens is 3. The van der Waals surface area contributed by atoms with Crippen molar-refractivity contribution < 1.29 is 8.42 Å².